The van der Waals surface area contributed by atoms with Crippen molar-refractivity contribution < 1.29 is 18.3 Å². The van der Waals surface area contributed by atoms with Crippen molar-refractivity contribution in [2.45, 2.75) is 0 Å². The largest absolute Gasteiger partial charge is 0.483 e. The predicted molar refractivity (Wildman–Crippen MR) is 85.7 cm³/mol. The molecule has 0 N–H and O–H groups in total. The second-order valence-corrected chi connectivity index (χ2v) is 6.66. The van der Waals surface area contributed by atoms with Crippen LogP contribution in [0.4, 0.5) is 8.78 Å². The fraction of sp³-hybridized carbons (Fsp3) is 0.0714. The number of ketones is 1. The lowest BCUT2D eigenvalue weighted by molar-refractivity contribution is 0.0916. The van der Waals surface area contributed by atoms with Crippen LogP contribution < -0.4 is 4.74 Å². The summed E-state index contributed by atoms with van der Waals surface area (Å²) in [5.41, 5.74) is -0.208. The van der Waals surface area contributed by atoms with Gasteiger partial charge in [0, 0.05) is 10.5 Å². The average molecular weight is 485 g/mol. The molecule has 7 heteroatoms. The highest BCUT2D eigenvalue weighted by Gasteiger charge is 2.15. The van der Waals surface area contributed by atoms with Crippen molar-refractivity contribution in [1.29, 1.82) is 0 Å². The molecule has 2 aromatic carbocycles. The molecule has 0 amide bonds. The van der Waals surface area contributed by atoms with Gasteiger partial charge in [-0.3, -0.25) is 4.79 Å². The van der Waals surface area contributed by atoms with Crippen LogP contribution in [-0.4, -0.2) is 12.4 Å². The van der Waals surface area contributed by atoms with Crippen LogP contribution in [0.5, 0.6) is 5.75 Å². The van der Waals surface area contributed by atoms with Crippen molar-refractivity contribution in [3.63, 3.8) is 0 Å². The Morgan fingerprint density at radius 3 is 2.24 bits per heavy atom. The summed E-state index contributed by atoms with van der Waals surface area (Å²) in [6.45, 7) is -0.360. The Morgan fingerprint density at radius 1 is 1.05 bits per heavy atom. The smallest absolute Gasteiger partial charge is 0.203 e. The Morgan fingerprint density at radius 2 is 1.67 bits per heavy atom. The second kappa shape index (κ2) is 6.98. The van der Waals surface area contributed by atoms with Crippen LogP contribution in [0.3, 0.4) is 0 Å². The molecule has 21 heavy (non-hydrogen) atoms. The zero-order valence-electron chi connectivity index (χ0n) is 10.3. The summed E-state index contributed by atoms with van der Waals surface area (Å²) in [6.07, 6.45) is 0. The lowest BCUT2D eigenvalue weighted by atomic mass is 10.1. The molecule has 2 rings (SSSR count). The molecule has 0 aliphatic heterocycles. The Balaban J connectivity index is 2.15. The summed E-state index contributed by atoms with van der Waals surface area (Å²) < 4.78 is 33.8. The fourth-order valence-corrected chi connectivity index (χ4v) is 4.09. The maximum Gasteiger partial charge on any atom is 0.203 e. The highest BCUT2D eigenvalue weighted by molar-refractivity contribution is 9.11. The minimum Gasteiger partial charge on any atom is -0.483 e. The molecule has 0 bridgehead atoms. The number of carbonyl (C=O) groups excluding carboxylic acids is 1. The quantitative estimate of drug-likeness (QED) is 0.535. The van der Waals surface area contributed by atoms with E-state index < -0.39 is 17.4 Å². The Kier molecular flexibility index (Phi) is 5.51. The highest BCUT2D eigenvalue weighted by Crippen LogP contribution is 2.36. The third kappa shape index (κ3) is 4.11. The first-order chi connectivity index (χ1) is 9.88. The number of carbonyl (C=O) groups is 1. The zero-order valence-corrected chi connectivity index (χ0v) is 15.1. The van der Waals surface area contributed by atoms with Gasteiger partial charge in [-0.15, -0.1) is 0 Å². The zero-order chi connectivity index (χ0) is 15.6. The van der Waals surface area contributed by atoms with Gasteiger partial charge in [0.2, 0.25) is 5.78 Å². The van der Waals surface area contributed by atoms with Gasteiger partial charge in [-0.1, -0.05) is 15.9 Å². The van der Waals surface area contributed by atoms with Crippen LogP contribution in [0.1, 0.15) is 10.4 Å². The van der Waals surface area contributed by atoms with Gasteiger partial charge >= 0.3 is 0 Å². The summed E-state index contributed by atoms with van der Waals surface area (Å²) in [5.74, 6) is -1.79. The van der Waals surface area contributed by atoms with Gasteiger partial charge in [-0.2, -0.15) is 0 Å². The van der Waals surface area contributed by atoms with E-state index >= 15 is 0 Å². The van der Waals surface area contributed by atoms with Gasteiger partial charge in [0.05, 0.1) is 14.5 Å². The molecule has 0 saturated carbocycles. The van der Waals surface area contributed by atoms with E-state index in [2.05, 4.69) is 47.8 Å². The molecule has 0 aliphatic rings. The van der Waals surface area contributed by atoms with Crippen molar-refractivity contribution in [3.8, 4) is 5.75 Å². The number of rotatable bonds is 4. The number of halogens is 5. The third-order valence-electron chi connectivity index (χ3n) is 2.54. The van der Waals surface area contributed by atoms with E-state index in [1.807, 2.05) is 0 Å². The van der Waals surface area contributed by atoms with E-state index in [1.165, 1.54) is 0 Å². The van der Waals surface area contributed by atoms with Gasteiger partial charge in [-0.25, -0.2) is 8.78 Å². The molecule has 0 aromatic heterocycles. The number of benzene rings is 2. The van der Waals surface area contributed by atoms with Crippen molar-refractivity contribution in [2.24, 2.45) is 0 Å². The normalized spacial score (nSPS) is 10.5. The molecule has 0 saturated heterocycles. The molecule has 2 nitrogen and oxygen atoms in total. The summed E-state index contributed by atoms with van der Waals surface area (Å²) in [7, 11) is 0. The number of Topliss-reactive ketones (excluding diaryl/α,β-unsaturated/α-hetero) is 1. The van der Waals surface area contributed by atoms with Crippen molar-refractivity contribution in [2.75, 3.05) is 6.61 Å². The van der Waals surface area contributed by atoms with E-state index in [-0.39, 0.29) is 12.2 Å². The van der Waals surface area contributed by atoms with Gasteiger partial charge in [0.25, 0.3) is 0 Å². The van der Waals surface area contributed by atoms with Gasteiger partial charge in [0.1, 0.15) is 17.4 Å². The molecule has 0 aliphatic carbocycles. The topological polar surface area (TPSA) is 26.3 Å². The summed E-state index contributed by atoms with van der Waals surface area (Å²) in [4.78, 5) is 11.9. The lowest BCUT2D eigenvalue weighted by Gasteiger charge is -2.10. The first-order valence-electron chi connectivity index (χ1n) is 5.64. The van der Waals surface area contributed by atoms with E-state index in [0.29, 0.717) is 20.8 Å². The Labute approximate surface area is 144 Å². The Hall–Kier alpha value is -0.790. The van der Waals surface area contributed by atoms with Crippen LogP contribution in [0.25, 0.3) is 0 Å². The number of hydrogen-bond donors (Lipinski definition) is 0. The van der Waals surface area contributed by atoms with Crippen LogP contribution in [0.15, 0.2) is 43.7 Å². The summed E-state index contributed by atoms with van der Waals surface area (Å²) in [5, 5.41) is 0. The van der Waals surface area contributed by atoms with Crippen LogP contribution in [0, 0.1) is 11.6 Å². The first-order valence-corrected chi connectivity index (χ1v) is 8.02. The Bertz CT molecular complexity index is 682. The molecule has 0 heterocycles. The van der Waals surface area contributed by atoms with Crippen molar-refractivity contribution >= 4 is 53.6 Å². The average Bonchev–Trinajstić information content (AvgIpc) is 2.36. The van der Waals surface area contributed by atoms with Gasteiger partial charge in [0.15, 0.2) is 6.61 Å². The van der Waals surface area contributed by atoms with Crippen LogP contribution >= 0.6 is 47.8 Å². The maximum atomic E-state index is 13.5. The van der Waals surface area contributed by atoms with Crippen LogP contribution in [-0.2, 0) is 0 Å². The summed E-state index contributed by atoms with van der Waals surface area (Å²) in [6, 6.07) is 6.30. The molecule has 0 fully saturated rings. The third-order valence-corrected chi connectivity index (χ3v) is 4.18. The molecule has 0 atom stereocenters. The number of hydrogen-bond acceptors (Lipinski definition) is 2. The van der Waals surface area contributed by atoms with Gasteiger partial charge < -0.3 is 4.74 Å². The first kappa shape index (κ1) is 16.6. The number of ether oxygens (including phenoxy) is 1. The minimum atomic E-state index is -0.905. The summed E-state index contributed by atoms with van der Waals surface area (Å²) >= 11 is 9.93. The van der Waals surface area contributed by atoms with Crippen molar-refractivity contribution in [3.05, 3.63) is 60.9 Å². The monoisotopic (exact) mass is 482 g/mol. The standard InChI is InChI=1S/C14H7Br3F2O2/c15-7-3-10(16)14(11(17)4-7)21-6-13(20)9-2-1-8(18)5-12(9)19/h1-5H,6H2. The van der Waals surface area contributed by atoms with E-state index in [9.17, 15) is 13.6 Å². The molecular weight excluding hydrogens is 478 g/mol. The molecule has 110 valence electrons. The molecule has 2 aromatic rings. The molecule has 0 unspecified atom stereocenters. The lowest BCUT2D eigenvalue weighted by Crippen LogP contribution is -2.14. The van der Waals surface area contributed by atoms with E-state index in [1.54, 1.807) is 12.1 Å². The SMILES string of the molecule is O=C(COc1c(Br)cc(Br)cc1Br)c1ccc(F)cc1F. The van der Waals surface area contributed by atoms with Crippen LogP contribution in [0.2, 0.25) is 0 Å². The molecule has 0 radical (unpaired) electrons. The van der Waals surface area contributed by atoms with Crippen molar-refractivity contribution in [1.82, 2.24) is 0 Å². The fourth-order valence-electron chi connectivity index (χ4n) is 1.60. The predicted octanol–water partition coefficient (Wildman–Crippen LogP) is 5.51. The van der Waals surface area contributed by atoms with Gasteiger partial charge in [-0.05, 0) is 56.1 Å². The second-order valence-electron chi connectivity index (χ2n) is 4.03. The van der Waals surface area contributed by atoms with E-state index in [4.69, 9.17) is 4.74 Å². The highest BCUT2D eigenvalue weighted by atomic mass is 79.9. The molecular formula is C14H7Br3F2O2. The maximum absolute atomic E-state index is 13.5. The van der Waals surface area contributed by atoms with E-state index in [0.717, 1.165) is 16.6 Å². The minimum absolute atomic E-state index is 0.208. The molecule has 0 spiro atoms.